The lowest BCUT2D eigenvalue weighted by molar-refractivity contribution is 0.0929. The van der Waals surface area contributed by atoms with E-state index in [1.54, 1.807) is 0 Å². The molecule has 158 valence electrons. The van der Waals surface area contributed by atoms with E-state index in [9.17, 15) is 5.11 Å². The third-order valence-electron chi connectivity index (χ3n) is 8.00. The predicted octanol–water partition coefficient (Wildman–Crippen LogP) is 7.62. The Kier molecular flexibility index (Phi) is 4.74. The molecular weight excluding hydrogens is 340 g/mol. The molecule has 0 spiro atoms. The van der Waals surface area contributed by atoms with Crippen LogP contribution < -0.4 is 0 Å². The first kappa shape index (κ1) is 14.2. The van der Waals surface area contributed by atoms with Crippen molar-refractivity contribution in [1.29, 1.82) is 0 Å². The Bertz CT molecular complexity index is 823. The van der Waals surface area contributed by atoms with E-state index in [2.05, 4.69) is 32.6 Å². The van der Waals surface area contributed by atoms with Crippen LogP contribution in [0.15, 0.2) is 35.5 Å². The van der Waals surface area contributed by atoms with Gasteiger partial charge in [0, 0.05) is 9.60 Å². The predicted molar refractivity (Wildman–Crippen MR) is 121 cm³/mol. The Morgan fingerprint density at radius 2 is 2.07 bits per heavy atom. The van der Waals surface area contributed by atoms with Crippen molar-refractivity contribution in [3.63, 3.8) is 0 Å². The highest BCUT2D eigenvalue weighted by Gasteiger charge is 2.50. The molecule has 3 fully saturated rings. The number of aliphatic hydroxyl groups excluding tert-OH is 1. The molecule has 3 aliphatic rings. The fourth-order valence-electron chi connectivity index (χ4n) is 6.41. The van der Waals surface area contributed by atoms with Crippen LogP contribution in [0.3, 0.4) is 0 Å². The molecule has 1 N–H and O–H groups in total. The second kappa shape index (κ2) is 9.33. The van der Waals surface area contributed by atoms with Crippen molar-refractivity contribution < 1.29 is 14.7 Å². The summed E-state index contributed by atoms with van der Waals surface area (Å²) < 4.78 is 54.3. The van der Waals surface area contributed by atoms with Crippen LogP contribution in [-0.4, -0.2) is 11.2 Å². The van der Waals surface area contributed by atoms with Gasteiger partial charge in [0.1, 0.15) is 0 Å². The number of hydrogen-bond donors (Lipinski definition) is 1. The number of aliphatic hydroxyl groups is 1. The van der Waals surface area contributed by atoms with E-state index >= 15 is 0 Å². The summed E-state index contributed by atoms with van der Waals surface area (Å²) in [6.07, 6.45) is 13.4. The first-order chi connectivity index (χ1) is 16.1. The lowest BCUT2D eigenvalue weighted by atomic mass is 9.60. The highest BCUT2D eigenvalue weighted by molar-refractivity contribution is 5.36. The van der Waals surface area contributed by atoms with E-state index in [0.29, 0.717) is 30.6 Å². The van der Waals surface area contributed by atoms with Crippen LogP contribution in [0.25, 0.3) is 0 Å². The van der Waals surface area contributed by atoms with Gasteiger partial charge in [0.25, 0.3) is 0 Å². The highest BCUT2D eigenvalue weighted by atomic mass is 16.3. The third kappa shape index (κ3) is 4.84. The lowest BCUT2D eigenvalue weighted by Gasteiger charge is -2.44. The molecule has 0 aromatic rings. The van der Waals surface area contributed by atoms with Crippen LogP contribution >= 0.6 is 0 Å². The molecule has 5 atom stereocenters. The van der Waals surface area contributed by atoms with Crippen molar-refractivity contribution in [3.05, 3.63) is 35.5 Å². The molecule has 0 aromatic carbocycles. The Labute approximate surface area is 184 Å². The Morgan fingerprint density at radius 3 is 2.86 bits per heavy atom. The smallest absolute Gasteiger partial charge is 0.0583 e. The Hall–Kier alpha value is -0.820. The molecule has 0 saturated heterocycles. The minimum Gasteiger partial charge on any atom is -0.393 e. The average Bonchev–Trinajstić information content (AvgIpc) is 3.10. The van der Waals surface area contributed by atoms with Gasteiger partial charge >= 0.3 is 0 Å². The number of rotatable bonds is 6. The summed E-state index contributed by atoms with van der Waals surface area (Å²) in [5.74, 6) is -1.01. The zero-order valence-corrected chi connectivity index (χ0v) is 17.9. The second-order valence-electron chi connectivity index (χ2n) is 9.88. The molecule has 3 saturated carbocycles. The average molecular weight is 392 g/mol. The maximum absolute atomic E-state index is 10.1. The molecule has 0 aromatic heterocycles. The molecule has 3 aliphatic carbocycles. The van der Waals surface area contributed by atoms with Crippen LogP contribution in [0.1, 0.15) is 108 Å². The maximum Gasteiger partial charge on any atom is 0.0583 e. The number of fused-ring (bicyclic) bond motifs is 1. The summed E-state index contributed by atoms with van der Waals surface area (Å²) in [5, 5.41) is 10.1. The molecule has 28 heavy (non-hydrogen) atoms. The van der Waals surface area contributed by atoms with Crippen LogP contribution in [0.4, 0.5) is 0 Å². The molecular formula is C27H44O. The Morgan fingerprint density at radius 1 is 1.25 bits per heavy atom. The van der Waals surface area contributed by atoms with Crippen LogP contribution in [-0.2, 0) is 0 Å². The SMILES string of the molecule is [2H]C([2H])([2H])C([2H])(CCC[C@@H](C)[C@H]1CC[C@H]2/C(=C/C=C3/C[C@@H](O)CCC3=C)CCC[C@]12C)C([2H])([2H])[2H]. The van der Waals surface area contributed by atoms with E-state index in [4.69, 9.17) is 9.60 Å². The monoisotopic (exact) mass is 391 g/mol. The number of allylic oxidation sites excluding steroid dienone is 4. The van der Waals surface area contributed by atoms with Crippen molar-refractivity contribution in [3.8, 4) is 0 Å². The molecule has 0 bridgehead atoms. The summed E-state index contributed by atoms with van der Waals surface area (Å²) in [7, 11) is 0. The summed E-state index contributed by atoms with van der Waals surface area (Å²) in [6.45, 7) is 3.17. The van der Waals surface area contributed by atoms with Crippen LogP contribution in [0.5, 0.6) is 0 Å². The van der Waals surface area contributed by atoms with Crippen molar-refractivity contribution in [2.75, 3.05) is 0 Å². The van der Waals surface area contributed by atoms with Gasteiger partial charge in [-0.1, -0.05) is 76.7 Å². The highest BCUT2D eigenvalue weighted by Crippen LogP contribution is 2.59. The van der Waals surface area contributed by atoms with E-state index in [0.717, 1.165) is 50.5 Å². The summed E-state index contributed by atoms with van der Waals surface area (Å²) in [4.78, 5) is 0. The van der Waals surface area contributed by atoms with E-state index < -0.39 is 19.6 Å². The van der Waals surface area contributed by atoms with Gasteiger partial charge in [-0.25, -0.2) is 0 Å². The molecule has 1 heteroatoms. The van der Waals surface area contributed by atoms with Crippen molar-refractivity contribution in [2.45, 2.75) is 104 Å². The van der Waals surface area contributed by atoms with Crippen LogP contribution in [0, 0.1) is 29.1 Å². The fraction of sp³-hybridized carbons (Fsp3) is 0.778. The van der Waals surface area contributed by atoms with Gasteiger partial charge in [0.05, 0.1) is 6.10 Å². The van der Waals surface area contributed by atoms with Gasteiger partial charge in [-0.05, 0) is 86.0 Å². The molecule has 0 unspecified atom stereocenters. The first-order valence-corrected chi connectivity index (χ1v) is 11.4. The van der Waals surface area contributed by atoms with Gasteiger partial charge in [0.15, 0.2) is 0 Å². The standard InChI is InChI=1S/C27H44O/c1-19(2)8-6-9-21(4)25-15-16-26-22(10-7-17-27(25,26)5)12-13-23-18-24(28)14-11-20(23)3/h12-13,19,21,24-26,28H,3,6-11,14-18H2,1-2,4-5H3/b22-12+,23-13-/t21-,24+,25-,26+,27-/m1/s1/i1D3,2D3,19D. The largest absolute Gasteiger partial charge is 0.393 e. The van der Waals surface area contributed by atoms with E-state index in [-0.39, 0.29) is 17.9 Å². The zero-order chi connectivity index (χ0) is 26.2. The zero-order valence-electron chi connectivity index (χ0n) is 24.9. The normalized spacial score (nSPS) is 42.6. The maximum atomic E-state index is 10.1. The quantitative estimate of drug-likeness (QED) is 0.493. The minimum atomic E-state index is -2.83. The minimum absolute atomic E-state index is 0.133. The van der Waals surface area contributed by atoms with Gasteiger partial charge in [-0.3, -0.25) is 0 Å². The van der Waals surface area contributed by atoms with Gasteiger partial charge in [-0.2, -0.15) is 0 Å². The fourth-order valence-corrected chi connectivity index (χ4v) is 6.41. The van der Waals surface area contributed by atoms with Crippen molar-refractivity contribution in [1.82, 2.24) is 0 Å². The van der Waals surface area contributed by atoms with Crippen molar-refractivity contribution >= 4 is 0 Å². The van der Waals surface area contributed by atoms with E-state index in [1.807, 2.05) is 0 Å². The third-order valence-corrected chi connectivity index (χ3v) is 8.00. The molecule has 0 radical (unpaired) electrons. The topological polar surface area (TPSA) is 20.2 Å². The van der Waals surface area contributed by atoms with Crippen LogP contribution in [0.2, 0.25) is 0 Å². The Balaban J connectivity index is 1.68. The molecule has 0 heterocycles. The first-order valence-electron chi connectivity index (χ1n) is 14.9. The summed E-state index contributed by atoms with van der Waals surface area (Å²) in [6, 6.07) is 0. The summed E-state index contributed by atoms with van der Waals surface area (Å²) in [5.41, 5.74) is 4.01. The second-order valence-corrected chi connectivity index (χ2v) is 9.88. The van der Waals surface area contributed by atoms with Crippen molar-refractivity contribution in [2.24, 2.45) is 29.1 Å². The molecule has 0 aliphatic heterocycles. The summed E-state index contributed by atoms with van der Waals surface area (Å²) >= 11 is 0. The van der Waals surface area contributed by atoms with Gasteiger partial charge in [-0.15, -0.1) is 0 Å². The van der Waals surface area contributed by atoms with Gasteiger partial charge < -0.3 is 5.11 Å². The number of hydrogen-bond acceptors (Lipinski definition) is 1. The molecule has 1 nitrogen and oxygen atoms in total. The molecule has 3 rings (SSSR count). The van der Waals surface area contributed by atoms with Gasteiger partial charge in [0.2, 0.25) is 0 Å². The van der Waals surface area contributed by atoms with E-state index in [1.165, 1.54) is 17.6 Å². The lowest BCUT2D eigenvalue weighted by Crippen LogP contribution is -2.36. The molecule has 0 amide bonds.